The van der Waals surface area contributed by atoms with Gasteiger partial charge in [-0.3, -0.25) is 9.48 Å². The van der Waals surface area contributed by atoms with Gasteiger partial charge in [0, 0.05) is 16.9 Å². The minimum Gasteiger partial charge on any atom is -0.476 e. The maximum Gasteiger partial charge on any atom is 0.356 e. The SMILES string of the molecule is O=C(Cn1ccc(C(=O)O)n1)Nc1ccc(Br)cn1. The standard InChI is InChI=1S/C11H9BrN4O3/c12-7-1-2-9(13-5-7)14-10(17)6-16-4-3-8(15-16)11(18)19/h1-5H,6H2,(H,18,19)(H,13,14,17). The first kappa shape index (κ1) is 13.2. The summed E-state index contributed by atoms with van der Waals surface area (Å²) in [5.74, 6) is -1.05. The fourth-order valence-electron chi connectivity index (χ4n) is 1.34. The van der Waals surface area contributed by atoms with Crippen LogP contribution in [0.3, 0.4) is 0 Å². The largest absolute Gasteiger partial charge is 0.476 e. The number of carbonyl (C=O) groups excluding carboxylic acids is 1. The van der Waals surface area contributed by atoms with Gasteiger partial charge in [0.15, 0.2) is 5.69 Å². The third kappa shape index (κ3) is 3.62. The fourth-order valence-corrected chi connectivity index (χ4v) is 1.58. The Morgan fingerprint density at radius 2 is 2.16 bits per heavy atom. The summed E-state index contributed by atoms with van der Waals surface area (Å²) in [4.78, 5) is 26.3. The highest BCUT2D eigenvalue weighted by molar-refractivity contribution is 9.10. The molecule has 19 heavy (non-hydrogen) atoms. The molecular formula is C11H9BrN4O3. The predicted octanol–water partition coefficient (Wildman–Crippen LogP) is 1.38. The minimum absolute atomic E-state index is 0.0783. The Morgan fingerprint density at radius 1 is 1.37 bits per heavy atom. The average molecular weight is 325 g/mol. The molecule has 0 radical (unpaired) electrons. The van der Waals surface area contributed by atoms with Gasteiger partial charge in [-0.05, 0) is 34.1 Å². The Labute approximate surface area is 116 Å². The zero-order chi connectivity index (χ0) is 13.8. The lowest BCUT2D eigenvalue weighted by Gasteiger charge is -2.04. The van der Waals surface area contributed by atoms with Gasteiger partial charge in [0.1, 0.15) is 12.4 Å². The Balaban J connectivity index is 1.97. The lowest BCUT2D eigenvalue weighted by Crippen LogP contribution is -2.20. The van der Waals surface area contributed by atoms with E-state index in [0.717, 1.165) is 4.47 Å². The molecular weight excluding hydrogens is 316 g/mol. The number of nitrogens with one attached hydrogen (secondary N) is 1. The number of carboxylic acid groups (broad SMARTS) is 1. The van der Waals surface area contributed by atoms with Crippen LogP contribution in [0, 0.1) is 0 Å². The molecule has 0 aromatic carbocycles. The number of hydrogen-bond donors (Lipinski definition) is 2. The number of amides is 1. The van der Waals surface area contributed by atoms with Crippen molar-refractivity contribution in [1.29, 1.82) is 0 Å². The van der Waals surface area contributed by atoms with Gasteiger partial charge in [-0.15, -0.1) is 0 Å². The van der Waals surface area contributed by atoms with E-state index in [9.17, 15) is 9.59 Å². The number of aromatic carboxylic acids is 1. The van der Waals surface area contributed by atoms with Crippen LogP contribution in [0.2, 0.25) is 0 Å². The van der Waals surface area contributed by atoms with Crippen molar-refractivity contribution in [1.82, 2.24) is 14.8 Å². The van der Waals surface area contributed by atoms with Crippen molar-refractivity contribution in [2.75, 3.05) is 5.32 Å². The maximum atomic E-state index is 11.7. The number of hydrogen-bond acceptors (Lipinski definition) is 4. The molecule has 2 heterocycles. The molecule has 0 aliphatic rings. The third-order valence-corrected chi connectivity index (χ3v) is 2.63. The summed E-state index contributed by atoms with van der Waals surface area (Å²) in [6.07, 6.45) is 2.99. The van der Waals surface area contributed by atoms with Crippen LogP contribution in [-0.2, 0) is 11.3 Å². The summed E-state index contributed by atoms with van der Waals surface area (Å²) in [6, 6.07) is 4.72. The molecule has 2 N–H and O–H groups in total. The normalized spacial score (nSPS) is 10.2. The number of nitrogens with zero attached hydrogens (tertiary/aromatic N) is 3. The second-order valence-corrected chi connectivity index (χ2v) is 4.53. The molecule has 0 unspecified atom stereocenters. The van der Waals surface area contributed by atoms with Crippen LogP contribution in [0.25, 0.3) is 0 Å². The lowest BCUT2D eigenvalue weighted by atomic mass is 10.4. The van der Waals surface area contributed by atoms with Crippen molar-refractivity contribution in [2.24, 2.45) is 0 Å². The molecule has 0 aliphatic heterocycles. The van der Waals surface area contributed by atoms with Crippen molar-refractivity contribution in [3.05, 3.63) is 40.8 Å². The highest BCUT2D eigenvalue weighted by atomic mass is 79.9. The summed E-state index contributed by atoms with van der Waals surface area (Å²) in [5, 5.41) is 15.0. The summed E-state index contributed by atoms with van der Waals surface area (Å²) in [6.45, 7) is -0.0783. The maximum absolute atomic E-state index is 11.7. The zero-order valence-corrected chi connectivity index (χ0v) is 11.2. The van der Waals surface area contributed by atoms with Gasteiger partial charge in [-0.1, -0.05) is 0 Å². The molecule has 7 nitrogen and oxygen atoms in total. The molecule has 98 valence electrons. The molecule has 0 aliphatic carbocycles. The van der Waals surface area contributed by atoms with Gasteiger partial charge in [0.2, 0.25) is 5.91 Å². The van der Waals surface area contributed by atoms with E-state index in [2.05, 4.69) is 31.3 Å². The number of anilines is 1. The number of halogens is 1. The lowest BCUT2D eigenvalue weighted by molar-refractivity contribution is -0.116. The van der Waals surface area contributed by atoms with E-state index < -0.39 is 5.97 Å². The van der Waals surface area contributed by atoms with Gasteiger partial charge in [-0.25, -0.2) is 9.78 Å². The van der Waals surface area contributed by atoms with E-state index in [1.165, 1.54) is 16.9 Å². The highest BCUT2D eigenvalue weighted by Crippen LogP contribution is 2.10. The quantitative estimate of drug-likeness (QED) is 0.885. The number of carboxylic acids is 1. The van der Waals surface area contributed by atoms with Gasteiger partial charge in [0.25, 0.3) is 0 Å². The summed E-state index contributed by atoms with van der Waals surface area (Å²) in [7, 11) is 0. The van der Waals surface area contributed by atoms with Crippen LogP contribution < -0.4 is 5.32 Å². The van der Waals surface area contributed by atoms with E-state index in [4.69, 9.17) is 5.11 Å². The average Bonchev–Trinajstić information content (AvgIpc) is 2.80. The molecule has 0 fully saturated rings. The van der Waals surface area contributed by atoms with Gasteiger partial charge in [-0.2, -0.15) is 5.10 Å². The van der Waals surface area contributed by atoms with Crippen molar-refractivity contribution >= 4 is 33.6 Å². The third-order valence-electron chi connectivity index (χ3n) is 2.16. The van der Waals surface area contributed by atoms with Crippen LogP contribution in [-0.4, -0.2) is 31.7 Å². The van der Waals surface area contributed by atoms with Crippen molar-refractivity contribution < 1.29 is 14.7 Å². The van der Waals surface area contributed by atoms with E-state index in [1.54, 1.807) is 18.3 Å². The van der Waals surface area contributed by atoms with Crippen LogP contribution >= 0.6 is 15.9 Å². The van der Waals surface area contributed by atoms with Crippen molar-refractivity contribution in [3.63, 3.8) is 0 Å². The molecule has 0 bridgehead atoms. The number of rotatable bonds is 4. The van der Waals surface area contributed by atoms with E-state index in [0.29, 0.717) is 5.82 Å². The first-order valence-corrected chi connectivity index (χ1v) is 6.02. The van der Waals surface area contributed by atoms with Crippen LogP contribution in [0.4, 0.5) is 5.82 Å². The Hall–Kier alpha value is -2.22. The summed E-state index contributed by atoms with van der Waals surface area (Å²) < 4.78 is 2.06. The summed E-state index contributed by atoms with van der Waals surface area (Å²) in [5.41, 5.74) is -0.102. The number of aromatic nitrogens is 3. The summed E-state index contributed by atoms with van der Waals surface area (Å²) >= 11 is 3.24. The van der Waals surface area contributed by atoms with E-state index >= 15 is 0 Å². The van der Waals surface area contributed by atoms with Crippen LogP contribution in [0.15, 0.2) is 35.1 Å². The molecule has 0 atom stereocenters. The molecule has 8 heteroatoms. The molecule has 2 rings (SSSR count). The van der Waals surface area contributed by atoms with Crippen molar-refractivity contribution in [2.45, 2.75) is 6.54 Å². The smallest absolute Gasteiger partial charge is 0.356 e. The molecule has 0 saturated carbocycles. The predicted molar refractivity (Wildman–Crippen MR) is 69.8 cm³/mol. The van der Waals surface area contributed by atoms with E-state index in [1.807, 2.05) is 0 Å². The van der Waals surface area contributed by atoms with Gasteiger partial charge < -0.3 is 10.4 Å². The monoisotopic (exact) mass is 324 g/mol. The second-order valence-electron chi connectivity index (χ2n) is 3.61. The minimum atomic E-state index is -1.13. The Kier molecular flexibility index (Phi) is 3.91. The Morgan fingerprint density at radius 3 is 2.74 bits per heavy atom. The van der Waals surface area contributed by atoms with Crippen LogP contribution in [0.5, 0.6) is 0 Å². The van der Waals surface area contributed by atoms with E-state index in [-0.39, 0.29) is 18.1 Å². The Bertz CT molecular complexity index is 609. The van der Waals surface area contributed by atoms with Crippen LogP contribution in [0.1, 0.15) is 10.5 Å². The number of carbonyl (C=O) groups is 2. The second kappa shape index (κ2) is 5.61. The van der Waals surface area contributed by atoms with Gasteiger partial charge in [0.05, 0.1) is 0 Å². The molecule has 0 spiro atoms. The van der Waals surface area contributed by atoms with Gasteiger partial charge >= 0.3 is 5.97 Å². The first-order chi connectivity index (χ1) is 9.04. The zero-order valence-electron chi connectivity index (χ0n) is 9.58. The molecule has 2 aromatic rings. The first-order valence-electron chi connectivity index (χ1n) is 5.23. The molecule has 1 amide bonds. The highest BCUT2D eigenvalue weighted by Gasteiger charge is 2.09. The van der Waals surface area contributed by atoms with Crippen molar-refractivity contribution in [3.8, 4) is 0 Å². The molecule has 0 saturated heterocycles. The topological polar surface area (TPSA) is 97.1 Å². The number of pyridine rings is 1. The fraction of sp³-hybridized carbons (Fsp3) is 0.0909. The molecule has 2 aromatic heterocycles.